The third-order valence-electron chi connectivity index (χ3n) is 4.85. The second kappa shape index (κ2) is 8.55. The van der Waals surface area contributed by atoms with Crippen LogP contribution in [0, 0.1) is 13.8 Å². The van der Waals surface area contributed by atoms with E-state index in [1.54, 1.807) is 18.2 Å². The molecule has 0 radical (unpaired) electrons. The lowest BCUT2D eigenvalue weighted by molar-refractivity contribution is -0.274. The molecular formula is C21H18F3N3O3S2. The topological polar surface area (TPSA) is 71.5 Å². The van der Waals surface area contributed by atoms with Crippen molar-refractivity contribution < 1.29 is 26.9 Å². The lowest BCUT2D eigenvalue weighted by atomic mass is 10.1. The monoisotopic (exact) mass is 481 g/mol. The number of carbonyl (C=O) groups excluding carboxylic acids is 1. The fourth-order valence-corrected chi connectivity index (χ4v) is 5.58. The molecule has 0 saturated carbocycles. The summed E-state index contributed by atoms with van der Waals surface area (Å²) in [5, 5.41) is 3.42. The van der Waals surface area contributed by atoms with Gasteiger partial charge >= 0.3 is 6.36 Å². The number of aryl methyl sites for hydroxylation is 2. The van der Waals surface area contributed by atoms with Gasteiger partial charge in [-0.05, 0) is 50.2 Å². The number of hydrogen-bond acceptors (Lipinski definition) is 6. The fraction of sp³-hybridized carbons (Fsp3) is 0.238. The minimum Gasteiger partial charge on any atom is -0.406 e. The molecule has 2 heterocycles. The summed E-state index contributed by atoms with van der Waals surface area (Å²) in [5.74, 6) is -0.551. The first-order chi connectivity index (χ1) is 15.1. The van der Waals surface area contributed by atoms with E-state index in [2.05, 4.69) is 15.0 Å². The molecule has 0 aliphatic carbocycles. The molecule has 0 saturated heterocycles. The molecule has 1 atom stereocenters. The number of amides is 1. The smallest absolute Gasteiger partial charge is 0.406 e. The number of benzene rings is 2. The molecule has 0 spiro atoms. The first-order valence-electron chi connectivity index (χ1n) is 9.52. The van der Waals surface area contributed by atoms with Crippen molar-refractivity contribution in [3.8, 4) is 5.75 Å². The highest BCUT2D eigenvalue weighted by Crippen LogP contribution is 2.38. The van der Waals surface area contributed by atoms with E-state index in [4.69, 9.17) is 0 Å². The molecule has 1 N–H and O–H groups in total. The normalized spacial score (nSPS) is 15.9. The third kappa shape index (κ3) is 4.63. The van der Waals surface area contributed by atoms with Crippen LogP contribution in [0.4, 0.5) is 29.7 Å². The number of hydrogen-bond donors (Lipinski definition) is 1. The highest BCUT2D eigenvalue weighted by Gasteiger charge is 2.31. The van der Waals surface area contributed by atoms with Gasteiger partial charge in [-0.15, -0.1) is 24.5 Å². The number of alkyl halides is 3. The van der Waals surface area contributed by atoms with Crippen molar-refractivity contribution in [1.29, 1.82) is 0 Å². The Kier molecular flexibility index (Phi) is 5.95. The van der Waals surface area contributed by atoms with Crippen LogP contribution in [0.5, 0.6) is 5.75 Å². The van der Waals surface area contributed by atoms with Crippen molar-refractivity contribution in [2.75, 3.05) is 22.5 Å². The number of thiazole rings is 1. The molecule has 32 heavy (non-hydrogen) atoms. The van der Waals surface area contributed by atoms with Gasteiger partial charge in [0.05, 0.1) is 32.6 Å². The minimum atomic E-state index is -4.79. The standard InChI is InChI=1S/C21H18F3N3O3S2/c1-12-13(2)31-20(25-12)27-10-11-32(29)18-16(4-3-5-17(18)27)19(28)26-14-6-8-15(9-7-14)30-21(22,23)24/h3-9H,10-11H2,1-2H3,(H,26,28). The van der Waals surface area contributed by atoms with Gasteiger partial charge in [0.1, 0.15) is 5.75 Å². The average Bonchev–Trinajstić information content (AvgIpc) is 3.06. The van der Waals surface area contributed by atoms with Crippen molar-refractivity contribution in [2.45, 2.75) is 25.1 Å². The van der Waals surface area contributed by atoms with Crippen LogP contribution in [-0.4, -0.2) is 33.8 Å². The van der Waals surface area contributed by atoms with E-state index in [0.29, 0.717) is 22.9 Å². The maximum Gasteiger partial charge on any atom is 0.573 e. The van der Waals surface area contributed by atoms with Gasteiger partial charge in [0.25, 0.3) is 5.91 Å². The number of rotatable bonds is 4. The Morgan fingerprint density at radius 3 is 2.53 bits per heavy atom. The first-order valence-corrected chi connectivity index (χ1v) is 11.7. The van der Waals surface area contributed by atoms with E-state index in [1.807, 2.05) is 18.7 Å². The van der Waals surface area contributed by atoms with Gasteiger partial charge in [0.15, 0.2) is 5.13 Å². The zero-order chi connectivity index (χ0) is 23.0. The zero-order valence-electron chi connectivity index (χ0n) is 17.0. The number of ether oxygens (including phenoxy) is 1. The van der Waals surface area contributed by atoms with Crippen LogP contribution in [0.25, 0.3) is 0 Å². The maximum atomic E-state index is 13.0. The molecule has 1 amide bonds. The Hall–Kier alpha value is -2.92. The average molecular weight is 482 g/mol. The lowest BCUT2D eigenvalue weighted by Crippen LogP contribution is -2.31. The second-order valence-corrected chi connectivity index (χ2v) is 9.71. The van der Waals surface area contributed by atoms with E-state index in [1.165, 1.54) is 23.5 Å². The molecule has 1 aromatic heterocycles. The van der Waals surface area contributed by atoms with Crippen molar-refractivity contribution >= 4 is 44.5 Å². The van der Waals surface area contributed by atoms with Crippen LogP contribution in [0.3, 0.4) is 0 Å². The number of carbonyl (C=O) groups is 1. The van der Waals surface area contributed by atoms with Gasteiger partial charge in [-0.1, -0.05) is 6.07 Å². The Labute approximate surface area is 188 Å². The Balaban J connectivity index is 1.61. The molecule has 3 aromatic rings. The fourth-order valence-electron chi connectivity index (χ4n) is 3.26. The van der Waals surface area contributed by atoms with Crippen molar-refractivity contribution in [3.63, 3.8) is 0 Å². The minimum absolute atomic E-state index is 0.242. The summed E-state index contributed by atoms with van der Waals surface area (Å²) in [7, 11) is -1.38. The van der Waals surface area contributed by atoms with Crippen molar-refractivity contribution in [3.05, 3.63) is 58.6 Å². The molecule has 168 valence electrons. The number of nitrogens with zero attached hydrogens (tertiary/aromatic N) is 2. The number of nitrogens with one attached hydrogen (secondary N) is 1. The summed E-state index contributed by atoms with van der Waals surface area (Å²) in [5.41, 5.74) is 2.10. The predicted octanol–water partition coefficient (Wildman–Crippen LogP) is 5.17. The van der Waals surface area contributed by atoms with Crippen LogP contribution in [0.15, 0.2) is 47.4 Å². The van der Waals surface area contributed by atoms with Crippen molar-refractivity contribution in [2.24, 2.45) is 0 Å². The summed E-state index contributed by atoms with van der Waals surface area (Å²) < 4.78 is 53.6. The van der Waals surface area contributed by atoms with Crippen LogP contribution >= 0.6 is 11.3 Å². The van der Waals surface area contributed by atoms with E-state index < -0.39 is 28.8 Å². The Morgan fingerprint density at radius 2 is 1.91 bits per heavy atom. The highest BCUT2D eigenvalue weighted by atomic mass is 32.2. The number of anilines is 3. The molecular weight excluding hydrogens is 463 g/mol. The quantitative estimate of drug-likeness (QED) is 0.557. The largest absolute Gasteiger partial charge is 0.573 e. The molecule has 1 unspecified atom stereocenters. The van der Waals surface area contributed by atoms with Crippen LogP contribution in [0.2, 0.25) is 0 Å². The summed E-state index contributed by atoms with van der Waals surface area (Å²) in [6, 6.07) is 9.91. The van der Waals surface area contributed by atoms with E-state index >= 15 is 0 Å². The van der Waals surface area contributed by atoms with Crippen LogP contribution < -0.4 is 15.0 Å². The maximum absolute atomic E-state index is 13.0. The van der Waals surface area contributed by atoms with Gasteiger partial charge in [-0.3, -0.25) is 9.00 Å². The van der Waals surface area contributed by atoms with Gasteiger partial charge < -0.3 is 15.0 Å². The van der Waals surface area contributed by atoms with Gasteiger partial charge in [0, 0.05) is 22.9 Å². The SMILES string of the molecule is Cc1nc(N2CCS(=O)c3c(C(=O)Nc4ccc(OC(F)(F)F)cc4)cccc32)sc1C. The lowest BCUT2D eigenvalue weighted by Gasteiger charge is -2.29. The molecule has 11 heteroatoms. The number of aromatic nitrogens is 1. The zero-order valence-corrected chi connectivity index (χ0v) is 18.7. The van der Waals surface area contributed by atoms with Crippen LogP contribution in [0.1, 0.15) is 20.9 Å². The van der Waals surface area contributed by atoms with E-state index in [0.717, 1.165) is 27.8 Å². The van der Waals surface area contributed by atoms with E-state index in [9.17, 15) is 22.2 Å². The highest BCUT2D eigenvalue weighted by molar-refractivity contribution is 7.85. The summed E-state index contributed by atoms with van der Waals surface area (Å²) >= 11 is 1.53. The van der Waals surface area contributed by atoms with Crippen LogP contribution in [-0.2, 0) is 10.8 Å². The van der Waals surface area contributed by atoms with Gasteiger partial charge in [-0.25, -0.2) is 4.98 Å². The Morgan fingerprint density at radius 1 is 1.19 bits per heavy atom. The Bertz CT molecular complexity index is 1170. The summed E-state index contributed by atoms with van der Waals surface area (Å²) in [6.07, 6.45) is -4.79. The number of fused-ring (bicyclic) bond motifs is 1. The molecule has 1 aliphatic heterocycles. The third-order valence-corrected chi connectivity index (χ3v) is 7.39. The summed E-state index contributed by atoms with van der Waals surface area (Å²) in [4.78, 5) is 21.0. The van der Waals surface area contributed by atoms with Crippen molar-refractivity contribution in [1.82, 2.24) is 4.98 Å². The molecule has 2 aromatic carbocycles. The number of halogens is 3. The van der Waals surface area contributed by atoms with Gasteiger partial charge in [0.2, 0.25) is 0 Å². The van der Waals surface area contributed by atoms with E-state index in [-0.39, 0.29) is 11.3 Å². The second-order valence-electron chi connectivity index (χ2n) is 7.02. The molecule has 4 rings (SSSR count). The van der Waals surface area contributed by atoms with Gasteiger partial charge in [-0.2, -0.15) is 0 Å². The summed E-state index contributed by atoms with van der Waals surface area (Å²) in [6.45, 7) is 4.42. The first kappa shape index (κ1) is 22.3. The molecule has 0 fully saturated rings. The molecule has 0 bridgehead atoms. The molecule has 1 aliphatic rings. The molecule has 6 nitrogen and oxygen atoms in total. The predicted molar refractivity (Wildman–Crippen MR) is 117 cm³/mol.